The van der Waals surface area contributed by atoms with Gasteiger partial charge in [-0.15, -0.1) is 0 Å². The van der Waals surface area contributed by atoms with E-state index in [0.717, 1.165) is 42.4 Å². The van der Waals surface area contributed by atoms with Gasteiger partial charge in [-0.3, -0.25) is 24.5 Å². The standard InChI is InChI=1S/C25H25N7O2/c33-24(17-8-21-20(28-9-17)5-3-6-27-21)31-7-2-1-4-16(12-31)18-13-32(14-18)25(34)19-10-26-11-22-23(19)30-15-29-22/h3,5-6,8-11,15-16,18H,1-2,4,7,12-14H2,(H,29,30). The number of aromatic amines is 1. The third kappa shape index (κ3) is 3.67. The summed E-state index contributed by atoms with van der Waals surface area (Å²) in [7, 11) is 0. The molecule has 6 rings (SSSR count). The minimum Gasteiger partial charge on any atom is -0.343 e. The molecular formula is C25H25N7O2. The monoisotopic (exact) mass is 455 g/mol. The molecule has 0 radical (unpaired) electrons. The topological polar surface area (TPSA) is 108 Å². The lowest BCUT2D eigenvalue weighted by Gasteiger charge is -2.44. The molecule has 4 aromatic heterocycles. The van der Waals surface area contributed by atoms with E-state index in [-0.39, 0.29) is 11.8 Å². The second-order valence-electron chi connectivity index (χ2n) is 9.23. The molecule has 2 amide bonds. The number of likely N-dealkylation sites (tertiary alicyclic amines) is 2. The largest absolute Gasteiger partial charge is 0.343 e. The third-order valence-electron chi connectivity index (χ3n) is 7.12. The number of imidazole rings is 1. The molecule has 1 atom stereocenters. The normalized spacial score (nSPS) is 19.2. The predicted octanol–water partition coefficient (Wildman–Crippen LogP) is 2.92. The van der Waals surface area contributed by atoms with Crippen LogP contribution < -0.4 is 0 Å². The van der Waals surface area contributed by atoms with Crippen molar-refractivity contribution < 1.29 is 9.59 Å². The van der Waals surface area contributed by atoms with Crippen LogP contribution in [0.3, 0.4) is 0 Å². The Morgan fingerprint density at radius 3 is 2.71 bits per heavy atom. The van der Waals surface area contributed by atoms with Crippen LogP contribution in [-0.4, -0.2) is 72.7 Å². The van der Waals surface area contributed by atoms with Gasteiger partial charge in [-0.05, 0) is 42.9 Å². The van der Waals surface area contributed by atoms with Crippen molar-refractivity contribution >= 4 is 33.9 Å². The number of aromatic nitrogens is 5. The molecular weight excluding hydrogens is 430 g/mol. The Labute approximate surface area is 196 Å². The first-order valence-electron chi connectivity index (χ1n) is 11.7. The molecule has 1 N–H and O–H groups in total. The number of fused-ring (bicyclic) bond motifs is 2. The van der Waals surface area contributed by atoms with Crippen LogP contribution in [0.2, 0.25) is 0 Å². The maximum absolute atomic E-state index is 13.3. The molecule has 1 unspecified atom stereocenters. The van der Waals surface area contributed by atoms with Crippen molar-refractivity contribution in [1.29, 1.82) is 0 Å². The number of nitrogens with one attached hydrogen (secondary N) is 1. The summed E-state index contributed by atoms with van der Waals surface area (Å²) in [5.41, 5.74) is 4.05. The molecule has 0 bridgehead atoms. The van der Waals surface area contributed by atoms with Crippen LogP contribution >= 0.6 is 0 Å². The first-order chi connectivity index (χ1) is 16.7. The molecule has 2 aliphatic heterocycles. The lowest BCUT2D eigenvalue weighted by atomic mass is 9.82. The number of hydrogen-bond acceptors (Lipinski definition) is 6. The molecule has 2 aliphatic rings. The lowest BCUT2D eigenvalue weighted by molar-refractivity contribution is 0.0295. The van der Waals surface area contributed by atoms with E-state index in [4.69, 9.17) is 0 Å². The second kappa shape index (κ2) is 8.48. The van der Waals surface area contributed by atoms with Crippen molar-refractivity contribution in [2.45, 2.75) is 19.3 Å². The number of nitrogens with zero attached hydrogens (tertiary/aromatic N) is 6. The number of hydrogen-bond donors (Lipinski definition) is 1. The summed E-state index contributed by atoms with van der Waals surface area (Å²) in [6, 6.07) is 5.57. The molecule has 4 aromatic rings. The SMILES string of the molecule is O=C(c1cnc2cccnc2c1)N1CCCCC(C2CN(C(=O)c3cncc4[nH]cnc34)C2)C1. The molecule has 9 heteroatoms. The quantitative estimate of drug-likeness (QED) is 0.509. The van der Waals surface area contributed by atoms with Crippen molar-refractivity contribution in [2.75, 3.05) is 26.2 Å². The Morgan fingerprint density at radius 1 is 0.912 bits per heavy atom. The molecule has 2 saturated heterocycles. The molecule has 0 aromatic carbocycles. The highest BCUT2D eigenvalue weighted by Crippen LogP contribution is 2.32. The van der Waals surface area contributed by atoms with E-state index in [0.29, 0.717) is 48.1 Å². The summed E-state index contributed by atoms with van der Waals surface area (Å²) in [6.07, 6.45) is 11.4. The molecule has 0 saturated carbocycles. The zero-order valence-electron chi connectivity index (χ0n) is 18.7. The summed E-state index contributed by atoms with van der Waals surface area (Å²) in [4.78, 5) is 50.4. The molecule has 0 spiro atoms. The Morgan fingerprint density at radius 2 is 1.79 bits per heavy atom. The van der Waals surface area contributed by atoms with Crippen LogP contribution in [0.25, 0.3) is 22.1 Å². The van der Waals surface area contributed by atoms with Crippen molar-refractivity contribution in [2.24, 2.45) is 11.8 Å². The number of carbonyl (C=O) groups is 2. The summed E-state index contributed by atoms with van der Waals surface area (Å²) in [5, 5.41) is 0. The van der Waals surface area contributed by atoms with Gasteiger partial charge in [-0.2, -0.15) is 0 Å². The van der Waals surface area contributed by atoms with Gasteiger partial charge in [-0.25, -0.2) is 4.98 Å². The Bertz CT molecular complexity index is 1380. The van der Waals surface area contributed by atoms with Gasteiger partial charge in [-0.1, -0.05) is 6.42 Å². The molecule has 6 heterocycles. The Kier molecular flexibility index (Phi) is 5.16. The summed E-state index contributed by atoms with van der Waals surface area (Å²) < 4.78 is 0. The highest BCUT2D eigenvalue weighted by molar-refractivity contribution is 6.04. The Hall–Kier alpha value is -3.88. The van der Waals surface area contributed by atoms with Gasteiger partial charge >= 0.3 is 0 Å². The average Bonchev–Trinajstić information content (AvgIpc) is 3.20. The maximum atomic E-state index is 13.3. The van der Waals surface area contributed by atoms with E-state index >= 15 is 0 Å². The van der Waals surface area contributed by atoms with E-state index in [1.54, 1.807) is 31.1 Å². The van der Waals surface area contributed by atoms with Crippen LogP contribution in [0.5, 0.6) is 0 Å². The van der Waals surface area contributed by atoms with Gasteiger partial charge in [0.15, 0.2) is 0 Å². The van der Waals surface area contributed by atoms with Crippen molar-refractivity contribution in [3.05, 3.63) is 60.4 Å². The van der Waals surface area contributed by atoms with E-state index < -0.39 is 0 Å². The van der Waals surface area contributed by atoms with E-state index in [1.165, 1.54) is 0 Å². The van der Waals surface area contributed by atoms with E-state index in [2.05, 4.69) is 24.9 Å². The summed E-state index contributed by atoms with van der Waals surface area (Å²) >= 11 is 0. The van der Waals surface area contributed by atoms with Gasteiger partial charge in [0.25, 0.3) is 11.8 Å². The van der Waals surface area contributed by atoms with E-state index in [9.17, 15) is 9.59 Å². The fourth-order valence-corrected chi connectivity index (χ4v) is 5.16. The van der Waals surface area contributed by atoms with Crippen LogP contribution in [0.1, 0.15) is 40.0 Å². The number of carbonyl (C=O) groups excluding carboxylic acids is 2. The smallest absolute Gasteiger partial charge is 0.257 e. The minimum absolute atomic E-state index is 0.00972. The highest BCUT2D eigenvalue weighted by atomic mass is 16.2. The number of H-pyrrole nitrogens is 1. The number of amides is 2. The second-order valence-corrected chi connectivity index (χ2v) is 9.23. The van der Waals surface area contributed by atoms with Gasteiger partial charge in [0.1, 0.15) is 5.52 Å². The van der Waals surface area contributed by atoms with Crippen molar-refractivity contribution in [3.8, 4) is 0 Å². The highest BCUT2D eigenvalue weighted by Gasteiger charge is 2.39. The van der Waals surface area contributed by atoms with Gasteiger partial charge in [0.05, 0.1) is 40.2 Å². The Balaban J connectivity index is 1.13. The van der Waals surface area contributed by atoms with Gasteiger partial charge in [0, 0.05) is 44.8 Å². The molecule has 34 heavy (non-hydrogen) atoms. The van der Waals surface area contributed by atoms with Crippen LogP contribution in [0, 0.1) is 11.8 Å². The predicted molar refractivity (Wildman–Crippen MR) is 126 cm³/mol. The van der Waals surface area contributed by atoms with Gasteiger partial charge < -0.3 is 14.8 Å². The van der Waals surface area contributed by atoms with Crippen LogP contribution in [0.4, 0.5) is 0 Å². The summed E-state index contributed by atoms with van der Waals surface area (Å²) in [5.74, 6) is 0.745. The maximum Gasteiger partial charge on any atom is 0.257 e. The fourth-order valence-electron chi connectivity index (χ4n) is 5.16. The van der Waals surface area contributed by atoms with Crippen LogP contribution in [0.15, 0.2) is 49.3 Å². The van der Waals surface area contributed by atoms with Gasteiger partial charge in [0.2, 0.25) is 0 Å². The zero-order valence-corrected chi connectivity index (χ0v) is 18.7. The molecule has 9 nitrogen and oxygen atoms in total. The zero-order chi connectivity index (χ0) is 23.1. The van der Waals surface area contributed by atoms with Crippen LogP contribution in [-0.2, 0) is 0 Å². The molecule has 172 valence electrons. The van der Waals surface area contributed by atoms with Crippen molar-refractivity contribution in [3.63, 3.8) is 0 Å². The first-order valence-corrected chi connectivity index (χ1v) is 11.7. The molecule has 2 fully saturated rings. The average molecular weight is 456 g/mol. The summed E-state index contributed by atoms with van der Waals surface area (Å²) in [6.45, 7) is 2.86. The first kappa shape index (κ1) is 20.7. The number of rotatable bonds is 3. The van der Waals surface area contributed by atoms with E-state index in [1.807, 2.05) is 28.0 Å². The third-order valence-corrected chi connectivity index (χ3v) is 7.12. The fraction of sp³-hybridized carbons (Fsp3) is 0.360. The lowest BCUT2D eigenvalue weighted by Crippen LogP contribution is -2.54. The minimum atomic E-state index is -0.0299. The number of pyridine rings is 3. The van der Waals surface area contributed by atoms with Crippen molar-refractivity contribution in [1.82, 2.24) is 34.7 Å². The molecule has 0 aliphatic carbocycles.